The molecule has 0 aliphatic rings. The second-order valence-corrected chi connectivity index (χ2v) is 5.68. The van der Waals surface area contributed by atoms with E-state index < -0.39 is 11.7 Å². The van der Waals surface area contributed by atoms with Crippen molar-refractivity contribution >= 4 is 11.9 Å². The molecule has 0 radical (unpaired) electrons. The number of hydrogen-bond acceptors (Lipinski definition) is 2. The van der Waals surface area contributed by atoms with Gasteiger partial charge < -0.3 is 20.1 Å². The van der Waals surface area contributed by atoms with Gasteiger partial charge in [-0.15, -0.1) is 0 Å². The van der Waals surface area contributed by atoms with Gasteiger partial charge in [-0.3, -0.25) is 9.79 Å². The average Bonchev–Trinajstić information content (AvgIpc) is 3.00. The topological polar surface area (TPSA) is 61.7 Å². The number of halogens is 1. The molecule has 0 spiro atoms. The molecule has 134 valence electrons. The lowest BCUT2D eigenvalue weighted by molar-refractivity contribution is 0.0950. The van der Waals surface area contributed by atoms with Gasteiger partial charge in [0.1, 0.15) is 5.82 Å². The number of carbonyl (C=O) groups excluding carboxylic acids is 1. The molecule has 1 aromatic carbocycles. The Balaban J connectivity index is 1.78. The van der Waals surface area contributed by atoms with Gasteiger partial charge in [-0.1, -0.05) is 12.1 Å². The Morgan fingerprint density at radius 1 is 1.20 bits per heavy atom. The molecule has 7 heteroatoms. The molecule has 1 aromatic heterocycles. The molecule has 1 heterocycles. The molecule has 0 bridgehead atoms. The van der Waals surface area contributed by atoms with Crippen LogP contribution in [0.15, 0.2) is 47.6 Å². The lowest BCUT2D eigenvalue weighted by atomic mass is 10.2. The molecule has 0 unspecified atom stereocenters. The zero-order valence-corrected chi connectivity index (χ0v) is 14.8. The fourth-order valence-corrected chi connectivity index (χ4v) is 2.45. The van der Waals surface area contributed by atoms with Crippen LogP contribution in [0.5, 0.6) is 0 Å². The van der Waals surface area contributed by atoms with Crippen LogP contribution in [0.25, 0.3) is 0 Å². The summed E-state index contributed by atoms with van der Waals surface area (Å²) < 4.78 is 15.6. The van der Waals surface area contributed by atoms with Gasteiger partial charge >= 0.3 is 0 Å². The maximum absolute atomic E-state index is 13.5. The van der Waals surface area contributed by atoms with Crippen LogP contribution >= 0.6 is 0 Å². The quantitative estimate of drug-likeness (QED) is 0.475. The Labute approximate surface area is 147 Å². The van der Waals surface area contributed by atoms with Crippen molar-refractivity contribution in [3.05, 3.63) is 59.7 Å². The molecule has 0 aliphatic heterocycles. The van der Waals surface area contributed by atoms with Gasteiger partial charge in [0.2, 0.25) is 0 Å². The van der Waals surface area contributed by atoms with Crippen molar-refractivity contribution in [2.45, 2.75) is 6.54 Å². The van der Waals surface area contributed by atoms with Crippen LogP contribution in [0.2, 0.25) is 0 Å². The van der Waals surface area contributed by atoms with E-state index in [0.29, 0.717) is 19.6 Å². The number of aryl methyl sites for hydroxylation is 1. The molecule has 2 N–H and O–H groups in total. The van der Waals surface area contributed by atoms with Gasteiger partial charge in [0.15, 0.2) is 5.96 Å². The standard InChI is InChI=1S/C18H24FN5O/c1-20-18(24(3)13-14-7-6-12-23(14)2)22-11-10-21-17(25)15-8-4-5-9-16(15)19/h4-9,12H,10-11,13H2,1-3H3,(H,20,22)(H,21,25). The molecule has 1 amide bonds. The van der Waals surface area contributed by atoms with E-state index in [9.17, 15) is 9.18 Å². The number of guanidine groups is 1. The van der Waals surface area contributed by atoms with Crippen LogP contribution in [0.1, 0.15) is 16.1 Å². The van der Waals surface area contributed by atoms with Crippen molar-refractivity contribution in [1.82, 2.24) is 20.1 Å². The van der Waals surface area contributed by atoms with Crippen LogP contribution in [0, 0.1) is 5.82 Å². The van der Waals surface area contributed by atoms with E-state index in [-0.39, 0.29) is 5.56 Å². The van der Waals surface area contributed by atoms with Crippen molar-refractivity contribution in [3.63, 3.8) is 0 Å². The second-order valence-electron chi connectivity index (χ2n) is 5.68. The maximum atomic E-state index is 13.5. The van der Waals surface area contributed by atoms with Crippen molar-refractivity contribution in [2.24, 2.45) is 12.0 Å². The van der Waals surface area contributed by atoms with Crippen molar-refractivity contribution < 1.29 is 9.18 Å². The van der Waals surface area contributed by atoms with E-state index in [2.05, 4.69) is 26.3 Å². The minimum absolute atomic E-state index is 0.0488. The first kappa shape index (κ1) is 18.5. The number of hydrogen-bond donors (Lipinski definition) is 2. The van der Waals surface area contributed by atoms with E-state index in [1.807, 2.05) is 31.3 Å². The van der Waals surface area contributed by atoms with E-state index in [1.165, 1.54) is 17.8 Å². The van der Waals surface area contributed by atoms with Crippen molar-refractivity contribution in [1.29, 1.82) is 0 Å². The molecule has 2 aromatic rings. The Bertz CT molecular complexity index is 741. The highest BCUT2D eigenvalue weighted by Gasteiger charge is 2.11. The summed E-state index contributed by atoms with van der Waals surface area (Å²) in [4.78, 5) is 18.2. The van der Waals surface area contributed by atoms with Crippen LogP contribution in [-0.4, -0.2) is 48.5 Å². The minimum Gasteiger partial charge on any atom is -0.354 e. The van der Waals surface area contributed by atoms with Crippen molar-refractivity contribution in [2.75, 3.05) is 27.2 Å². The first-order chi connectivity index (χ1) is 12.0. The van der Waals surface area contributed by atoms with Crippen LogP contribution < -0.4 is 10.6 Å². The van der Waals surface area contributed by atoms with Gasteiger partial charge in [-0.05, 0) is 24.3 Å². The van der Waals surface area contributed by atoms with Gasteiger partial charge in [0, 0.05) is 46.1 Å². The average molecular weight is 345 g/mol. The molecule has 6 nitrogen and oxygen atoms in total. The number of nitrogens with one attached hydrogen (secondary N) is 2. The molecule has 0 saturated heterocycles. The van der Waals surface area contributed by atoms with E-state index >= 15 is 0 Å². The summed E-state index contributed by atoms with van der Waals surface area (Å²) in [7, 11) is 5.65. The molecule has 0 aliphatic carbocycles. The van der Waals surface area contributed by atoms with Crippen LogP contribution in [0.3, 0.4) is 0 Å². The normalized spacial score (nSPS) is 11.3. The highest BCUT2D eigenvalue weighted by atomic mass is 19.1. The van der Waals surface area contributed by atoms with Gasteiger partial charge in [-0.2, -0.15) is 0 Å². The monoisotopic (exact) mass is 345 g/mol. The van der Waals surface area contributed by atoms with Gasteiger partial charge in [-0.25, -0.2) is 4.39 Å². The number of benzene rings is 1. The Morgan fingerprint density at radius 2 is 1.92 bits per heavy atom. The second kappa shape index (κ2) is 8.86. The molecule has 0 fully saturated rings. The summed E-state index contributed by atoms with van der Waals surface area (Å²) in [6.45, 7) is 1.57. The smallest absolute Gasteiger partial charge is 0.254 e. The molecular formula is C18H24FN5O. The summed E-state index contributed by atoms with van der Waals surface area (Å²) in [5, 5.41) is 5.87. The number of nitrogens with zero attached hydrogens (tertiary/aromatic N) is 3. The van der Waals surface area contributed by atoms with Crippen LogP contribution in [0.4, 0.5) is 4.39 Å². The Morgan fingerprint density at radius 3 is 2.56 bits per heavy atom. The molecule has 0 atom stereocenters. The lowest BCUT2D eigenvalue weighted by Gasteiger charge is -2.22. The lowest BCUT2D eigenvalue weighted by Crippen LogP contribution is -2.42. The largest absolute Gasteiger partial charge is 0.354 e. The highest BCUT2D eigenvalue weighted by Crippen LogP contribution is 2.05. The third kappa shape index (κ3) is 5.07. The minimum atomic E-state index is -0.522. The molecular weight excluding hydrogens is 321 g/mol. The fraction of sp³-hybridized carbons (Fsp3) is 0.333. The van der Waals surface area contributed by atoms with Crippen molar-refractivity contribution in [3.8, 4) is 0 Å². The Kier molecular flexibility index (Phi) is 6.56. The van der Waals surface area contributed by atoms with Crippen LogP contribution in [-0.2, 0) is 13.6 Å². The predicted octanol–water partition coefficient (Wildman–Crippen LogP) is 1.60. The van der Waals surface area contributed by atoms with Gasteiger partial charge in [0.25, 0.3) is 5.91 Å². The molecule has 0 saturated carbocycles. The summed E-state index contributed by atoms with van der Waals surface area (Å²) in [6, 6.07) is 9.98. The third-order valence-electron chi connectivity index (χ3n) is 3.84. The number of amides is 1. The summed E-state index contributed by atoms with van der Waals surface area (Å²) >= 11 is 0. The van der Waals surface area contributed by atoms with E-state index in [4.69, 9.17) is 0 Å². The highest BCUT2D eigenvalue weighted by molar-refractivity contribution is 5.94. The summed E-state index contributed by atoms with van der Waals surface area (Å²) in [5.74, 6) is -0.223. The first-order valence-electron chi connectivity index (χ1n) is 8.07. The van der Waals surface area contributed by atoms with Gasteiger partial charge in [0.05, 0.1) is 12.1 Å². The molecule has 2 rings (SSSR count). The SMILES string of the molecule is CN=C(NCCNC(=O)c1ccccc1F)N(C)Cc1cccn1C. The number of rotatable bonds is 6. The first-order valence-corrected chi connectivity index (χ1v) is 8.07. The number of aliphatic imine (C=N–C) groups is 1. The maximum Gasteiger partial charge on any atom is 0.254 e. The number of aromatic nitrogens is 1. The van der Waals surface area contributed by atoms with E-state index in [1.54, 1.807) is 19.2 Å². The fourth-order valence-electron chi connectivity index (χ4n) is 2.45. The third-order valence-corrected chi connectivity index (χ3v) is 3.84. The zero-order chi connectivity index (χ0) is 18.2. The summed E-state index contributed by atoms with van der Waals surface area (Å²) in [5.41, 5.74) is 1.21. The number of carbonyl (C=O) groups is 1. The Hall–Kier alpha value is -2.83. The summed E-state index contributed by atoms with van der Waals surface area (Å²) in [6.07, 6.45) is 2.00. The predicted molar refractivity (Wildman–Crippen MR) is 97.0 cm³/mol. The zero-order valence-electron chi connectivity index (χ0n) is 14.8. The molecule has 25 heavy (non-hydrogen) atoms. The van der Waals surface area contributed by atoms with E-state index in [0.717, 1.165) is 5.96 Å².